The molecule has 1 fully saturated rings. The topological polar surface area (TPSA) is 79.6 Å². The molecular formula is C13H16N2O4. The molecule has 1 aromatic rings. The Hall–Kier alpha value is -2.11. The van der Waals surface area contributed by atoms with Crippen LogP contribution in [0.25, 0.3) is 0 Å². The SMILES string of the molecule is CC1C(C(=O)O)CCN1C(=O)c1ccn(C)c(=O)c1. The van der Waals surface area contributed by atoms with Gasteiger partial charge in [0, 0.05) is 37.5 Å². The minimum Gasteiger partial charge on any atom is -0.481 e. The standard InChI is InChI=1S/C13H16N2O4/c1-8-10(13(18)19)4-6-15(8)12(17)9-3-5-14(2)11(16)7-9/h3,5,7-8,10H,4,6H2,1-2H3,(H,18,19). The first-order valence-electron chi connectivity index (χ1n) is 6.12. The van der Waals surface area contributed by atoms with E-state index in [1.54, 1.807) is 20.0 Å². The molecule has 2 unspecified atom stereocenters. The first-order valence-corrected chi connectivity index (χ1v) is 6.12. The number of carboxylic acids is 1. The number of nitrogens with zero attached hydrogens (tertiary/aromatic N) is 2. The van der Waals surface area contributed by atoms with Crippen molar-refractivity contribution in [3.8, 4) is 0 Å². The van der Waals surface area contributed by atoms with E-state index in [0.29, 0.717) is 18.5 Å². The predicted octanol–water partition coefficient (Wildman–Crippen LogP) is 0.321. The summed E-state index contributed by atoms with van der Waals surface area (Å²) in [6, 6.07) is 2.50. The number of rotatable bonds is 2. The Bertz CT molecular complexity index is 578. The number of aryl methyl sites for hydroxylation is 1. The third kappa shape index (κ3) is 2.38. The zero-order valence-electron chi connectivity index (χ0n) is 10.9. The Balaban J connectivity index is 2.23. The highest BCUT2D eigenvalue weighted by Crippen LogP contribution is 2.25. The van der Waals surface area contributed by atoms with Crippen molar-refractivity contribution in [2.24, 2.45) is 13.0 Å². The van der Waals surface area contributed by atoms with Crippen LogP contribution in [-0.2, 0) is 11.8 Å². The van der Waals surface area contributed by atoms with Gasteiger partial charge < -0.3 is 14.6 Å². The lowest BCUT2D eigenvalue weighted by atomic mass is 10.0. The van der Waals surface area contributed by atoms with Gasteiger partial charge in [-0.05, 0) is 19.4 Å². The average Bonchev–Trinajstić information content (AvgIpc) is 2.74. The van der Waals surface area contributed by atoms with E-state index in [-0.39, 0.29) is 17.5 Å². The maximum Gasteiger partial charge on any atom is 0.308 e. The maximum absolute atomic E-state index is 12.3. The fraction of sp³-hybridized carbons (Fsp3) is 0.462. The van der Waals surface area contributed by atoms with Crippen LogP contribution in [-0.4, -0.2) is 39.0 Å². The summed E-state index contributed by atoms with van der Waals surface area (Å²) in [6.45, 7) is 2.14. The Kier molecular flexibility index (Phi) is 3.42. The molecule has 0 bridgehead atoms. The number of aliphatic carboxylic acids is 1. The van der Waals surface area contributed by atoms with Gasteiger partial charge in [0.2, 0.25) is 0 Å². The monoisotopic (exact) mass is 264 g/mol. The number of carbonyl (C=O) groups is 2. The van der Waals surface area contributed by atoms with Crippen LogP contribution in [0.15, 0.2) is 23.1 Å². The van der Waals surface area contributed by atoms with Crippen LogP contribution in [0.3, 0.4) is 0 Å². The van der Waals surface area contributed by atoms with Gasteiger partial charge in [-0.25, -0.2) is 0 Å². The maximum atomic E-state index is 12.3. The van der Waals surface area contributed by atoms with Crippen molar-refractivity contribution in [1.29, 1.82) is 0 Å². The van der Waals surface area contributed by atoms with Crippen molar-refractivity contribution >= 4 is 11.9 Å². The van der Waals surface area contributed by atoms with Crippen LogP contribution >= 0.6 is 0 Å². The molecule has 1 aliphatic heterocycles. The summed E-state index contributed by atoms with van der Waals surface area (Å²) in [7, 11) is 1.61. The summed E-state index contributed by atoms with van der Waals surface area (Å²) in [5.74, 6) is -1.70. The first kappa shape index (κ1) is 13.3. The van der Waals surface area contributed by atoms with Gasteiger partial charge in [0.05, 0.1) is 5.92 Å². The van der Waals surface area contributed by atoms with Crippen LogP contribution in [0.2, 0.25) is 0 Å². The molecule has 2 heterocycles. The Morgan fingerprint density at radius 3 is 2.63 bits per heavy atom. The number of hydrogen-bond donors (Lipinski definition) is 1. The fourth-order valence-electron chi connectivity index (χ4n) is 2.40. The first-order chi connectivity index (χ1) is 8.91. The highest BCUT2D eigenvalue weighted by molar-refractivity contribution is 5.95. The smallest absolute Gasteiger partial charge is 0.308 e. The summed E-state index contributed by atoms with van der Waals surface area (Å²) >= 11 is 0. The minimum atomic E-state index is -0.883. The van der Waals surface area contributed by atoms with Gasteiger partial charge in [0.15, 0.2) is 0 Å². The molecule has 1 aromatic heterocycles. The molecule has 0 aliphatic carbocycles. The number of carbonyl (C=O) groups excluding carboxylic acids is 1. The normalized spacial score (nSPS) is 22.5. The minimum absolute atomic E-state index is 0.257. The zero-order chi connectivity index (χ0) is 14.2. The predicted molar refractivity (Wildman–Crippen MR) is 67.9 cm³/mol. The van der Waals surface area contributed by atoms with Gasteiger partial charge in [0.25, 0.3) is 11.5 Å². The Morgan fingerprint density at radius 1 is 1.42 bits per heavy atom. The van der Waals surface area contributed by atoms with Gasteiger partial charge in [-0.2, -0.15) is 0 Å². The number of likely N-dealkylation sites (tertiary alicyclic amines) is 1. The van der Waals surface area contributed by atoms with Gasteiger partial charge >= 0.3 is 5.97 Å². The van der Waals surface area contributed by atoms with Crippen molar-refractivity contribution in [2.75, 3.05) is 6.54 Å². The molecule has 0 saturated carbocycles. The van der Waals surface area contributed by atoms with Gasteiger partial charge in [-0.1, -0.05) is 0 Å². The zero-order valence-corrected chi connectivity index (χ0v) is 10.9. The van der Waals surface area contributed by atoms with E-state index < -0.39 is 11.9 Å². The van der Waals surface area contributed by atoms with Crippen molar-refractivity contribution < 1.29 is 14.7 Å². The number of carboxylic acid groups (broad SMARTS) is 1. The van der Waals surface area contributed by atoms with Crippen molar-refractivity contribution in [3.05, 3.63) is 34.2 Å². The second kappa shape index (κ2) is 4.87. The molecule has 2 rings (SSSR count). The molecule has 0 aromatic carbocycles. The summed E-state index contributed by atoms with van der Waals surface area (Å²) in [6.07, 6.45) is 1.98. The quantitative estimate of drug-likeness (QED) is 0.834. The Labute approximate surface area is 110 Å². The van der Waals surface area contributed by atoms with E-state index in [0.717, 1.165) is 0 Å². The summed E-state index contributed by atoms with van der Waals surface area (Å²) < 4.78 is 1.38. The van der Waals surface area contributed by atoms with Crippen LogP contribution in [0.5, 0.6) is 0 Å². The molecule has 2 atom stereocenters. The third-order valence-electron chi connectivity index (χ3n) is 3.68. The second-order valence-corrected chi connectivity index (χ2v) is 4.84. The van der Waals surface area contributed by atoms with Gasteiger partial charge in [0.1, 0.15) is 0 Å². The molecule has 6 nitrogen and oxygen atoms in total. The van der Waals surface area contributed by atoms with E-state index in [1.165, 1.54) is 21.7 Å². The van der Waals surface area contributed by atoms with E-state index in [9.17, 15) is 14.4 Å². The third-order valence-corrected chi connectivity index (χ3v) is 3.68. The largest absolute Gasteiger partial charge is 0.481 e. The molecule has 1 N–H and O–H groups in total. The molecule has 102 valence electrons. The number of aromatic nitrogens is 1. The molecule has 19 heavy (non-hydrogen) atoms. The second-order valence-electron chi connectivity index (χ2n) is 4.84. The van der Waals surface area contributed by atoms with Gasteiger partial charge in [-0.3, -0.25) is 14.4 Å². The molecule has 0 radical (unpaired) electrons. The van der Waals surface area contributed by atoms with E-state index >= 15 is 0 Å². The van der Waals surface area contributed by atoms with Crippen molar-refractivity contribution in [3.63, 3.8) is 0 Å². The lowest BCUT2D eigenvalue weighted by Crippen LogP contribution is -2.38. The van der Waals surface area contributed by atoms with Gasteiger partial charge in [-0.15, -0.1) is 0 Å². The molecular weight excluding hydrogens is 248 g/mol. The summed E-state index contributed by atoms with van der Waals surface area (Å²) in [5, 5.41) is 9.04. The van der Waals surface area contributed by atoms with E-state index in [1.807, 2.05) is 0 Å². The lowest BCUT2D eigenvalue weighted by molar-refractivity contribution is -0.142. The van der Waals surface area contributed by atoms with Crippen LogP contribution in [0.4, 0.5) is 0 Å². The van der Waals surface area contributed by atoms with E-state index in [4.69, 9.17) is 5.11 Å². The molecule has 1 aliphatic rings. The molecule has 1 amide bonds. The summed E-state index contributed by atoms with van der Waals surface area (Å²) in [4.78, 5) is 36.3. The number of pyridine rings is 1. The lowest BCUT2D eigenvalue weighted by Gasteiger charge is -2.23. The Morgan fingerprint density at radius 2 is 2.11 bits per heavy atom. The van der Waals surface area contributed by atoms with Crippen LogP contribution < -0.4 is 5.56 Å². The molecule has 0 spiro atoms. The van der Waals surface area contributed by atoms with Crippen LogP contribution in [0, 0.1) is 5.92 Å². The molecule has 6 heteroatoms. The highest BCUT2D eigenvalue weighted by atomic mass is 16.4. The van der Waals surface area contributed by atoms with Crippen LogP contribution in [0.1, 0.15) is 23.7 Å². The fourth-order valence-corrected chi connectivity index (χ4v) is 2.40. The summed E-state index contributed by atoms with van der Waals surface area (Å²) in [5.41, 5.74) is 0.0495. The number of amides is 1. The number of hydrogen-bond acceptors (Lipinski definition) is 3. The van der Waals surface area contributed by atoms with Crippen molar-refractivity contribution in [2.45, 2.75) is 19.4 Å². The van der Waals surface area contributed by atoms with E-state index in [2.05, 4.69) is 0 Å². The van der Waals surface area contributed by atoms with Crippen molar-refractivity contribution in [1.82, 2.24) is 9.47 Å². The highest BCUT2D eigenvalue weighted by Gasteiger charge is 2.38. The average molecular weight is 264 g/mol. The molecule has 1 saturated heterocycles.